The van der Waals surface area contributed by atoms with Crippen molar-refractivity contribution >= 4 is 34.9 Å². The number of hydrogen-bond donors (Lipinski definition) is 2. The highest BCUT2D eigenvalue weighted by atomic mass is 32.1. The van der Waals surface area contributed by atoms with Gasteiger partial charge in [0, 0.05) is 24.5 Å². The van der Waals surface area contributed by atoms with Crippen molar-refractivity contribution in [3.63, 3.8) is 0 Å². The smallest absolute Gasteiger partial charge is 0.191 e. The van der Waals surface area contributed by atoms with Gasteiger partial charge in [0.1, 0.15) is 5.75 Å². The molecule has 0 spiro atoms. The summed E-state index contributed by atoms with van der Waals surface area (Å²) in [6.45, 7) is 9.12. The Morgan fingerprint density at radius 2 is 1.79 bits per heavy atom. The molecule has 0 amide bonds. The maximum Gasteiger partial charge on any atom is 0.191 e. The van der Waals surface area contributed by atoms with E-state index in [0.717, 1.165) is 30.1 Å². The summed E-state index contributed by atoms with van der Waals surface area (Å²) in [6, 6.07) is 16.0. The fraction of sp³-hybridized carbons (Fsp3) is 0.364. The number of rotatable bonds is 10. The Balaban J connectivity index is 1.83. The lowest BCUT2D eigenvalue weighted by Crippen LogP contribution is -2.24. The van der Waals surface area contributed by atoms with Crippen LogP contribution in [0.1, 0.15) is 39.2 Å². The number of unbranched alkanes of at least 4 members (excludes halogenated alkanes) is 1. The molecule has 0 unspecified atom stereocenters. The molecule has 2 N–H and O–H groups in total. The molecule has 2 aromatic carbocycles. The van der Waals surface area contributed by atoms with E-state index in [1.54, 1.807) is 6.21 Å². The first kappa shape index (κ1) is 21.7. The van der Waals surface area contributed by atoms with Crippen molar-refractivity contribution in [2.45, 2.75) is 33.6 Å². The quantitative estimate of drug-likeness (QED) is 0.334. The fourth-order valence-electron chi connectivity index (χ4n) is 2.72. The standard InChI is InChI=1S/C22H30N4OS/c1-4-7-16-26(5-2)20-12-8-18(9-13-20)17-23-25-22(28)24-19-10-14-21(15-11-19)27-6-3/h8-15,17H,4-7,16H2,1-3H3,(H2,24,25,28). The van der Waals surface area contributed by atoms with Crippen molar-refractivity contribution in [2.75, 3.05) is 29.9 Å². The molecule has 5 nitrogen and oxygen atoms in total. The Hall–Kier alpha value is -2.60. The summed E-state index contributed by atoms with van der Waals surface area (Å²) in [4.78, 5) is 2.39. The molecule has 0 aliphatic rings. The molecule has 2 aromatic rings. The zero-order chi connectivity index (χ0) is 20.2. The molecule has 2 rings (SSSR count). The lowest BCUT2D eigenvalue weighted by molar-refractivity contribution is 0.340. The van der Waals surface area contributed by atoms with E-state index in [2.05, 4.69) is 58.9 Å². The topological polar surface area (TPSA) is 48.9 Å². The second-order valence-corrected chi connectivity index (χ2v) is 6.71. The second-order valence-electron chi connectivity index (χ2n) is 6.31. The molecule has 0 saturated carbocycles. The van der Waals surface area contributed by atoms with E-state index in [4.69, 9.17) is 17.0 Å². The first-order chi connectivity index (χ1) is 13.7. The number of ether oxygens (including phenoxy) is 1. The van der Waals surface area contributed by atoms with Gasteiger partial charge in [-0.15, -0.1) is 0 Å². The van der Waals surface area contributed by atoms with Gasteiger partial charge in [-0.05, 0) is 74.4 Å². The normalized spacial score (nSPS) is 10.7. The molecule has 150 valence electrons. The van der Waals surface area contributed by atoms with E-state index in [1.165, 1.54) is 18.5 Å². The van der Waals surface area contributed by atoms with Gasteiger partial charge in [-0.2, -0.15) is 5.10 Å². The molecule has 0 aromatic heterocycles. The molecular formula is C22H30N4OS. The maximum atomic E-state index is 5.43. The number of hydrogen-bond acceptors (Lipinski definition) is 4. The van der Waals surface area contributed by atoms with Gasteiger partial charge in [-0.25, -0.2) is 0 Å². The van der Waals surface area contributed by atoms with E-state index in [9.17, 15) is 0 Å². The van der Waals surface area contributed by atoms with Crippen molar-refractivity contribution < 1.29 is 4.74 Å². The average Bonchev–Trinajstić information content (AvgIpc) is 2.71. The second kappa shape index (κ2) is 12.0. The van der Waals surface area contributed by atoms with Crippen molar-refractivity contribution in [1.82, 2.24) is 5.43 Å². The fourth-order valence-corrected chi connectivity index (χ4v) is 2.89. The van der Waals surface area contributed by atoms with Crippen molar-refractivity contribution in [2.24, 2.45) is 5.10 Å². The summed E-state index contributed by atoms with van der Waals surface area (Å²) in [5.74, 6) is 0.838. The third-order valence-electron chi connectivity index (χ3n) is 4.22. The monoisotopic (exact) mass is 398 g/mol. The summed E-state index contributed by atoms with van der Waals surface area (Å²) in [7, 11) is 0. The first-order valence-electron chi connectivity index (χ1n) is 9.84. The summed E-state index contributed by atoms with van der Waals surface area (Å²) >= 11 is 5.27. The van der Waals surface area contributed by atoms with Gasteiger partial charge in [0.2, 0.25) is 0 Å². The van der Waals surface area contributed by atoms with Gasteiger partial charge < -0.3 is 15.0 Å². The zero-order valence-electron chi connectivity index (χ0n) is 16.9. The summed E-state index contributed by atoms with van der Waals surface area (Å²) < 4.78 is 5.43. The summed E-state index contributed by atoms with van der Waals surface area (Å²) in [5, 5.41) is 7.74. The van der Waals surface area contributed by atoms with Gasteiger partial charge in [0.15, 0.2) is 5.11 Å². The van der Waals surface area contributed by atoms with E-state index < -0.39 is 0 Å². The van der Waals surface area contributed by atoms with Crippen molar-refractivity contribution in [3.8, 4) is 5.75 Å². The Morgan fingerprint density at radius 1 is 1.07 bits per heavy atom. The number of benzene rings is 2. The van der Waals surface area contributed by atoms with Crippen LogP contribution in [-0.2, 0) is 0 Å². The van der Waals surface area contributed by atoms with Crippen LogP contribution in [-0.4, -0.2) is 31.0 Å². The molecule has 0 fully saturated rings. The highest BCUT2D eigenvalue weighted by molar-refractivity contribution is 7.80. The number of thiocarbonyl (C=S) groups is 1. The van der Waals surface area contributed by atoms with E-state index in [-0.39, 0.29) is 0 Å². The summed E-state index contributed by atoms with van der Waals surface area (Å²) in [5.41, 5.74) is 5.99. The highest BCUT2D eigenvalue weighted by Crippen LogP contribution is 2.16. The predicted octanol–water partition coefficient (Wildman–Crippen LogP) is 5.03. The van der Waals surface area contributed by atoms with Gasteiger partial charge >= 0.3 is 0 Å². The van der Waals surface area contributed by atoms with Crippen LogP contribution in [0.4, 0.5) is 11.4 Å². The number of anilines is 2. The molecule has 0 saturated heterocycles. The molecule has 0 bridgehead atoms. The molecule has 0 aliphatic heterocycles. The zero-order valence-corrected chi connectivity index (χ0v) is 17.8. The van der Waals surface area contributed by atoms with Gasteiger partial charge in [0.05, 0.1) is 12.8 Å². The van der Waals surface area contributed by atoms with E-state index in [1.807, 2.05) is 31.2 Å². The average molecular weight is 399 g/mol. The molecular weight excluding hydrogens is 368 g/mol. The van der Waals surface area contributed by atoms with Gasteiger partial charge in [0.25, 0.3) is 0 Å². The Morgan fingerprint density at radius 3 is 2.39 bits per heavy atom. The predicted molar refractivity (Wildman–Crippen MR) is 124 cm³/mol. The van der Waals surface area contributed by atoms with E-state index in [0.29, 0.717) is 11.7 Å². The van der Waals surface area contributed by atoms with Gasteiger partial charge in [-0.3, -0.25) is 5.43 Å². The lowest BCUT2D eigenvalue weighted by atomic mass is 10.2. The SMILES string of the molecule is CCCCN(CC)c1ccc(C=NNC(=S)Nc2ccc(OCC)cc2)cc1. The van der Waals surface area contributed by atoms with Gasteiger partial charge in [-0.1, -0.05) is 25.5 Å². The van der Waals surface area contributed by atoms with Crippen LogP contribution in [0.25, 0.3) is 0 Å². The third kappa shape index (κ3) is 7.19. The van der Waals surface area contributed by atoms with Crippen LogP contribution >= 0.6 is 12.2 Å². The Labute approximate surface area is 173 Å². The largest absolute Gasteiger partial charge is 0.494 e. The molecule has 28 heavy (non-hydrogen) atoms. The van der Waals surface area contributed by atoms with Crippen LogP contribution in [0.5, 0.6) is 5.75 Å². The van der Waals surface area contributed by atoms with Crippen LogP contribution in [0, 0.1) is 0 Å². The third-order valence-corrected chi connectivity index (χ3v) is 4.42. The molecule has 6 heteroatoms. The summed E-state index contributed by atoms with van der Waals surface area (Å²) in [6.07, 6.45) is 4.18. The Bertz CT molecular complexity index is 744. The van der Waals surface area contributed by atoms with Crippen LogP contribution in [0.2, 0.25) is 0 Å². The minimum absolute atomic E-state index is 0.439. The minimum Gasteiger partial charge on any atom is -0.494 e. The van der Waals surface area contributed by atoms with Crippen molar-refractivity contribution in [3.05, 3.63) is 54.1 Å². The molecule has 0 heterocycles. The molecule has 0 radical (unpaired) electrons. The number of nitrogens with one attached hydrogen (secondary N) is 2. The lowest BCUT2D eigenvalue weighted by Gasteiger charge is -2.22. The number of nitrogens with zero attached hydrogens (tertiary/aromatic N) is 2. The first-order valence-corrected chi connectivity index (χ1v) is 10.2. The Kier molecular flexibility index (Phi) is 9.28. The maximum absolute atomic E-state index is 5.43. The molecule has 0 aliphatic carbocycles. The van der Waals surface area contributed by atoms with Crippen LogP contribution < -0.4 is 20.4 Å². The van der Waals surface area contributed by atoms with Crippen LogP contribution in [0.15, 0.2) is 53.6 Å². The van der Waals surface area contributed by atoms with Crippen LogP contribution in [0.3, 0.4) is 0 Å². The highest BCUT2D eigenvalue weighted by Gasteiger charge is 2.03. The van der Waals surface area contributed by atoms with E-state index >= 15 is 0 Å². The molecule has 0 atom stereocenters. The van der Waals surface area contributed by atoms with Crippen molar-refractivity contribution in [1.29, 1.82) is 0 Å². The minimum atomic E-state index is 0.439. The number of hydrazone groups is 1.